The van der Waals surface area contributed by atoms with Crippen molar-refractivity contribution in [2.45, 2.75) is 58.3 Å². The van der Waals surface area contributed by atoms with Crippen LogP contribution in [0, 0.1) is 5.21 Å². The van der Waals surface area contributed by atoms with E-state index in [9.17, 15) is 5.21 Å². The standard InChI is InChI=1S/C13H25NO/c1-2-3-4-5-6-7-8-11-14(15)12-9-10-13-14/h9,12H,2-8,10-11,13H2,1H3. The van der Waals surface area contributed by atoms with Gasteiger partial charge < -0.3 is 9.85 Å². The molecule has 1 unspecified atom stereocenters. The maximum Gasteiger partial charge on any atom is 0.0920 e. The van der Waals surface area contributed by atoms with Gasteiger partial charge in [-0.15, -0.1) is 0 Å². The van der Waals surface area contributed by atoms with Gasteiger partial charge in [-0.1, -0.05) is 39.0 Å². The summed E-state index contributed by atoms with van der Waals surface area (Å²) in [6.07, 6.45) is 13.9. The second kappa shape index (κ2) is 7.02. The van der Waals surface area contributed by atoms with Crippen LogP contribution >= 0.6 is 0 Å². The van der Waals surface area contributed by atoms with Gasteiger partial charge in [0.2, 0.25) is 0 Å². The van der Waals surface area contributed by atoms with Crippen LogP contribution in [0.25, 0.3) is 0 Å². The Morgan fingerprint density at radius 3 is 2.33 bits per heavy atom. The fourth-order valence-corrected chi connectivity index (χ4v) is 2.16. The summed E-state index contributed by atoms with van der Waals surface area (Å²) >= 11 is 0. The molecule has 0 aromatic rings. The van der Waals surface area contributed by atoms with E-state index in [1.807, 2.05) is 12.3 Å². The summed E-state index contributed by atoms with van der Waals surface area (Å²) in [7, 11) is 0. The molecule has 2 heteroatoms. The summed E-state index contributed by atoms with van der Waals surface area (Å²) in [4.78, 5) is 0. The molecule has 0 aromatic carbocycles. The van der Waals surface area contributed by atoms with Crippen LogP contribution in [-0.2, 0) is 0 Å². The fourth-order valence-electron chi connectivity index (χ4n) is 2.16. The lowest BCUT2D eigenvalue weighted by Crippen LogP contribution is -2.34. The van der Waals surface area contributed by atoms with Crippen molar-refractivity contribution in [2.24, 2.45) is 0 Å². The molecule has 1 rings (SSSR count). The Kier molecular flexibility index (Phi) is 5.96. The van der Waals surface area contributed by atoms with Crippen LogP contribution in [-0.4, -0.2) is 17.7 Å². The highest BCUT2D eigenvalue weighted by Crippen LogP contribution is 2.17. The molecule has 0 radical (unpaired) electrons. The van der Waals surface area contributed by atoms with Gasteiger partial charge in [0.15, 0.2) is 0 Å². The summed E-state index contributed by atoms with van der Waals surface area (Å²) in [6.45, 7) is 3.81. The van der Waals surface area contributed by atoms with Gasteiger partial charge in [0.25, 0.3) is 0 Å². The zero-order chi connectivity index (χ0) is 11.0. The first-order chi connectivity index (χ1) is 7.27. The molecule has 0 amide bonds. The first-order valence-corrected chi connectivity index (χ1v) is 6.52. The molecule has 0 saturated heterocycles. The van der Waals surface area contributed by atoms with Gasteiger partial charge in [0.05, 0.1) is 19.3 Å². The van der Waals surface area contributed by atoms with Crippen LogP contribution in [0.1, 0.15) is 58.3 Å². The van der Waals surface area contributed by atoms with E-state index in [0.29, 0.717) is 0 Å². The molecule has 88 valence electrons. The zero-order valence-electron chi connectivity index (χ0n) is 10.1. The summed E-state index contributed by atoms with van der Waals surface area (Å²) < 4.78 is -0.0606. The Morgan fingerprint density at radius 2 is 1.73 bits per heavy atom. The number of hydrogen-bond acceptors (Lipinski definition) is 1. The monoisotopic (exact) mass is 211 g/mol. The van der Waals surface area contributed by atoms with E-state index in [2.05, 4.69) is 6.92 Å². The van der Waals surface area contributed by atoms with Crippen LogP contribution in [0.2, 0.25) is 0 Å². The second-order valence-corrected chi connectivity index (χ2v) is 4.69. The predicted octanol–water partition coefficient (Wildman–Crippen LogP) is 3.97. The van der Waals surface area contributed by atoms with Crippen molar-refractivity contribution in [1.82, 2.24) is 0 Å². The maximum atomic E-state index is 11.9. The van der Waals surface area contributed by atoms with Crippen molar-refractivity contribution < 1.29 is 4.65 Å². The second-order valence-electron chi connectivity index (χ2n) is 4.69. The van der Waals surface area contributed by atoms with Crippen molar-refractivity contribution in [3.05, 3.63) is 17.5 Å². The number of rotatable bonds is 8. The summed E-state index contributed by atoms with van der Waals surface area (Å²) in [5.41, 5.74) is 0. The van der Waals surface area contributed by atoms with Crippen molar-refractivity contribution >= 4 is 0 Å². The highest BCUT2D eigenvalue weighted by molar-refractivity contribution is 4.82. The van der Waals surface area contributed by atoms with Crippen molar-refractivity contribution in [3.8, 4) is 0 Å². The Morgan fingerprint density at radius 1 is 1.07 bits per heavy atom. The number of hydroxylamine groups is 3. The van der Waals surface area contributed by atoms with Gasteiger partial charge in [-0.2, -0.15) is 0 Å². The number of unbranched alkanes of at least 4 members (excludes halogenated alkanes) is 6. The van der Waals surface area contributed by atoms with E-state index in [1.54, 1.807) is 0 Å². The van der Waals surface area contributed by atoms with E-state index in [-0.39, 0.29) is 4.65 Å². The van der Waals surface area contributed by atoms with Gasteiger partial charge >= 0.3 is 0 Å². The predicted molar refractivity (Wildman–Crippen MR) is 65.1 cm³/mol. The average Bonchev–Trinajstić information content (AvgIpc) is 2.64. The largest absolute Gasteiger partial charge is 0.628 e. The Hall–Kier alpha value is -0.340. The third-order valence-corrected chi connectivity index (χ3v) is 3.19. The molecule has 15 heavy (non-hydrogen) atoms. The molecular formula is C13H25NO. The molecule has 1 aliphatic heterocycles. The lowest BCUT2D eigenvalue weighted by Gasteiger charge is -2.35. The van der Waals surface area contributed by atoms with Crippen LogP contribution in [0.4, 0.5) is 0 Å². The van der Waals surface area contributed by atoms with Crippen molar-refractivity contribution in [2.75, 3.05) is 13.1 Å². The molecule has 1 atom stereocenters. The number of quaternary nitrogens is 1. The Balaban J connectivity index is 1.90. The maximum absolute atomic E-state index is 11.9. The minimum Gasteiger partial charge on any atom is -0.628 e. The van der Waals surface area contributed by atoms with Gasteiger partial charge in [0.1, 0.15) is 0 Å². The van der Waals surface area contributed by atoms with Crippen molar-refractivity contribution in [3.63, 3.8) is 0 Å². The Bertz CT molecular complexity index is 191. The quantitative estimate of drug-likeness (QED) is 0.338. The van der Waals surface area contributed by atoms with Gasteiger partial charge in [-0.3, -0.25) is 0 Å². The molecule has 1 aliphatic rings. The lowest BCUT2D eigenvalue weighted by atomic mass is 10.1. The Labute approximate surface area is 94.1 Å². The minimum atomic E-state index is -0.0606. The van der Waals surface area contributed by atoms with Crippen molar-refractivity contribution in [1.29, 1.82) is 0 Å². The first kappa shape index (κ1) is 12.7. The van der Waals surface area contributed by atoms with E-state index < -0.39 is 0 Å². The van der Waals surface area contributed by atoms with E-state index in [0.717, 1.165) is 25.9 Å². The topological polar surface area (TPSA) is 23.1 Å². The number of hydrogen-bond donors (Lipinski definition) is 0. The van der Waals surface area contributed by atoms with Gasteiger partial charge in [-0.25, -0.2) is 0 Å². The molecule has 0 fully saturated rings. The molecule has 2 nitrogen and oxygen atoms in total. The molecule has 0 spiro atoms. The van der Waals surface area contributed by atoms with E-state index >= 15 is 0 Å². The summed E-state index contributed by atoms with van der Waals surface area (Å²) in [5, 5.41) is 11.9. The third-order valence-electron chi connectivity index (χ3n) is 3.19. The third kappa shape index (κ3) is 5.33. The minimum absolute atomic E-state index is 0.0606. The highest BCUT2D eigenvalue weighted by atomic mass is 16.5. The molecular weight excluding hydrogens is 186 g/mol. The highest BCUT2D eigenvalue weighted by Gasteiger charge is 2.16. The fraction of sp³-hybridized carbons (Fsp3) is 0.846. The molecule has 0 bridgehead atoms. The smallest absolute Gasteiger partial charge is 0.0920 e. The normalized spacial score (nSPS) is 24.9. The molecule has 0 N–H and O–H groups in total. The molecule has 0 saturated carbocycles. The van der Waals surface area contributed by atoms with Crippen LogP contribution in [0.5, 0.6) is 0 Å². The average molecular weight is 211 g/mol. The van der Waals surface area contributed by atoms with Gasteiger partial charge in [0, 0.05) is 6.42 Å². The molecule has 0 aromatic heterocycles. The number of nitrogens with zero attached hydrogens (tertiary/aromatic N) is 1. The van der Waals surface area contributed by atoms with Gasteiger partial charge in [-0.05, 0) is 18.9 Å². The first-order valence-electron chi connectivity index (χ1n) is 6.52. The van der Waals surface area contributed by atoms with Crippen LogP contribution < -0.4 is 0 Å². The summed E-state index contributed by atoms with van der Waals surface area (Å²) in [5.74, 6) is 0. The summed E-state index contributed by atoms with van der Waals surface area (Å²) in [6, 6.07) is 0. The SMILES string of the molecule is CCCCCCCCC[N+]1([O-])C=CCC1. The lowest BCUT2D eigenvalue weighted by molar-refractivity contribution is -0.823. The van der Waals surface area contributed by atoms with E-state index in [1.165, 1.54) is 38.5 Å². The zero-order valence-corrected chi connectivity index (χ0v) is 10.1. The van der Waals surface area contributed by atoms with Crippen LogP contribution in [0.3, 0.4) is 0 Å². The van der Waals surface area contributed by atoms with Crippen LogP contribution in [0.15, 0.2) is 12.3 Å². The van der Waals surface area contributed by atoms with E-state index in [4.69, 9.17) is 0 Å². The molecule has 1 heterocycles. The molecule has 0 aliphatic carbocycles.